The van der Waals surface area contributed by atoms with Gasteiger partial charge in [-0.2, -0.15) is 0 Å². The molecule has 52 heavy (non-hydrogen) atoms. The molecule has 0 saturated carbocycles. The van der Waals surface area contributed by atoms with E-state index in [9.17, 15) is 0 Å². The number of benzene rings is 7. The fraction of sp³-hybridized carbons (Fsp3) is 0.0800. The zero-order chi connectivity index (χ0) is 35.9. The van der Waals surface area contributed by atoms with Crippen LogP contribution >= 0.6 is 0 Å². The molecule has 0 N–H and O–H groups in total. The van der Waals surface area contributed by atoms with Crippen molar-refractivity contribution in [2.75, 3.05) is 9.80 Å². The zero-order valence-corrected chi connectivity index (χ0v) is 30.4. The first-order chi connectivity index (χ1) is 25.4. The minimum absolute atomic E-state index is 1.14. The maximum absolute atomic E-state index is 2.32. The van der Waals surface area contributed by atoms with E-state index in [1.165, 1.54) is 44.5 Å². The predicted octanol–water partition coefficient (Wildman–Crippen LogP) is 14.2. The van der Waals surface area contributed by atoms with Crippen LogP contribution in [0.5, 0.6) is 0 Å². The van der Waals surface area contributed by atoms with Crippen LogP contribution in [-0.4, -0.2) is 0 Å². The van der Waals surface area contributed by atoms with Gasteiger partial charge in [0.15, 0.2) is 0 Å². The van der Waals surface area contributed by atoms with Gasteiger partial charge < -0.3 is 9.80 Å². The molecule has 0 aromatic heterocycles. The molecule has 2 heteroatoms. The van der Waals surface area contributed by atoms with E-state index in [0.29, 0.717) is 0 Å². The first-order valence-electron chi connectivity index (χ1n) is 17.9. The minimum Gasteiger partial charge on any atom is -0.310 e. The number of hydrogen-bond acceptors (Lipinski definition) is 2. The Labute approximate surface area is 309 Å². The predicted molar refractivity (Wildman–Crippen MR) is 225 cm³/mol. The van der Waals surface area contributed by atoms with Crippen molar-refractivity contribution in [3.63, 3.8) is 0 Å². The van der Waals surface area contributed by atoms with Gasteiger partial charge in [-0.15, -0.1) is 0 Å². The lowest BCUT2D eigenvalue weighted by molar-refractivity contribution is 1.26. The molecule has 0 saturated heterocycles. The third-order valence-corrected chi connectivity index (χ3v) is 9.42. The Balaban J connectivity index is 1.06. The van der Waals surface area contributed by atoms with E-state index in [2.05, 4.69) is 232 Å². The molecule has 0 atom stereocenters. The minimum atomic E-state index is 1.14. The van der Waals surface area contributed by atoms with Crippen LogP contribution < -0.4 is 9.80 Å². The van der Waals surface area contributed by atoms with Gasteiger partial charge in [-0.3, -0.25) is 0 Å². The smallest absolute Gasteiger partial charge is 0.0464 e. The number of para-hydroxylation sites is 2. The molecule has 0 unspecified atom stereocenters. The molecule has 0 radical (unpaired) electrons. The fourth-order valence-corrected chi connectivity index (χ4v) is 6.64. The van der Waals surface area contributed by atoms with Gasteiger partial charge in [0.1, 0.15) is 0 Å². The third-order valence-electron chi connectivity index (χ3n) is 9.42. The van der Waals surface area contributed by atoms with Crippen LogP contribution in [0.1, 0.15) is 44.5 Å². The maximum atomic E-state index is 2.32. The van der Waals surface area contributed by atoms with Crippen molar-refractivity contribution in [3.05, 3.63) is 214 Å². The Kier molecular flexibility index (Phi) is 10.3. The molecule has 7 aromatic carbocycles. The molecule has 0 spiro atoms. The lowest BCUT2D eigenvalue weighted by atomic mass is 10.0. The summed E-state index contributed by atoms with van der Waals surface area (Å²) in [7, 11) is 0. The summed E-state index contributed by atoms with van der Waals surface area (Å²) >= 11 is 0. The van der Waals surface area contributed by atoms with Crippen LogP contribution in [0.4, 0.5) is 34.1 Å². The highest BCUT2D eigenvalue weighted by Crippen LogP contribution is 2.37. The van der Waals surface area contributed by atoms with Crippen molar-refractivity contribution < 1.29 is 0 Å². The van der Waals surface area contributed by atoms with E-state index in [0.717, 1.165) is 34.1 Å². The normalized spacial score (nSPS) is 11.3. The van der Waals surface area contributed by atoms with Crippen LogP contribution in [0.3, 0.4) is 0 Å². The molecule has 0 fully saturated rings. The molecule has 7 aromatic rings. The molecule has 254 valence electrons. The highest BCUT2D eigenvalue weighted by atomic mass is 15.1. The van der Waals surface area contributed by atoms with Gasteiger partial charge in [-0.1, -0.05) is 121 Å². The molecular weight excluding hydrogens is 629 g/mol. The summed E-state index contributed by atoms with van der Waals surface area (Å²) in [6, 6.07) is 60.6. The standard InChI is InChI=1S/C50H44N2/c1-37-13-11-19-47(33-37)51(45-15-7-5-8-16-45)49-31-29-43(39(3)35-49)27-25-41-21-23-42(24-22-41)26-28-44-30-32-50(36-40(44)4)52(46-17-9-6-10-18-46)48-20-12-14-38(2)34-48/h5-36H,1-4H3. The Morgan fingerprint density at radius 3 is 1.04 bits per heavy atom. The summed E-state index contributed by atoms with van der Waals surface area (Å²) < 4.78 is 0. The molecule has 0 amide bonds. The van der Waals surface area contributed by atoms with Crippen LogP contribution in [0, 0.1) is 27.7 Å². The second-order valence-corrected chi connectivity index (χ2v) is 13.4. The van der Waals surface area contributed by atoms with Crippen molar-refractivity contribution in [3.8, 4) is 0 Å². The van der Waals surface area contributed by atoms with Crippen molar-refractivity contribution in [2.24, 2.45) is 0 Å². The monoisotopic (exact) mass is 672 g/mol. The zero-order valence-electron chi connectivity index (χ0n) is 30.4. The molecule has 2 nitrogen and oxygen atoms in total. The first-order valence-corrected chi connectivity index (χ1v) is 17.9. The first kappa shape index (κ1) is 34.1. The van der Waals surface area contributed by atoms with E-state index in [4.69, 9.17) is 0 Å². The van der Waals surface area contributed by atoms with Crippen LogP contribution in [0.2, 0.25) is 0 Å². The van der Waals surface area contributed by atoms with Gasteiger partial charge in [-0.25, -0.2) is 0 Å². The van der Waals surface area contributed by atoms with E-state index < -0.39 is 0 Å². The summed E-state index contributed by atoms with van der Waals surface area (Å²) in [5.74, 6) is 0. The van der Waals surface area contributed by atoms with Crippen LogP contribution in [-0.2, 0) is 0 Å². The molecule has 0 bridgehead atoms. The van der Waals surface area contributed by atoms with Gasteiger partial charge in [0.2, 0.25) is 0 Å². The van der Waals surface area contributed by atoms with Crippen LogP contribution in [0.25, 0.3) is 24.3 Å². The Morgan fingerprint density at radius 1 is 0.308 bits per heavy atom. The summed E-state index contributed by atoms with van der Waals surface area (Å²) in [6.45, 7) is 8.66. The van der Waals surface area contributed by atoms with Gasteiger partial charge in [0, 0.05) is 34.1 Å². The molecule has 0 aliphatic carbocycles. The molecule has 7 rings (SSSR count). The SMILES string of the molecule is Cc1cccc(N(c2ccccc2)c2ccc(C=Cc3ccc(C=Cc4ccc(N(c5ccccc5)c5cccc(C)c5)cc4C)cc3)c(C)c2)c1. The summed E-state index contributed by atoms with van der Waals surface area (Å²) in [5, 5.41) is 0. The fourth-order valence-electron chi connectivity index (χ4n) is 6.64. The molecule has 0 heterocycles. The van der Waals surface area contributed by atoms with Gasteiger partial charge in [-0.05, 0) is 145 Å². The topological polar surface area (TPSA) is 6.48 Å². The second-order valence-electron chi connectivity index (χ2n) is 13.4. The Morgan fingerprint density at radius 2 is 0.673 bits per heavy atom. The molecule has 0 aliphatic rings. The van der Waals surface area contributed by atoms with Gasteiger partial charge in [0.05, 0.1) is 0 Å². The van der Waals surface area contributed by atoms with Gasteiger partial charge in [0.25, 0.3) is 0 Å². The lowest BCUT2D eigenvalue weighted by Gasteiger charge is -2.26. The summed E-state index contributed by atoms with van der Waals surface area (Å²) in [6.07, 6.45) is 8.81. The second kappa shape index (κ2) is 15.7. The number of rotatable bonds is 10. The van der Waals surface area contributed by atoms with E-state index in [1.54, 1.807) is 0 Å². The van der Waals surface area contributed by atoms with Gasteiger partial charge >= 0.3 is 0 Å². The highest BCUT2D eigenvalue weighted by Gasteiger charge is 2.14. The number of anilines is 6. The van der Waals surface area contributed by atoms with Crippen molar-refractivity contribution in [1.82, 2.24) is 0 Å². The third kappa shape index (κ3) is 7.98. The lowest BCUT2D eigenvalue weighted by Crippen LogP contribution is -2.10. The number of hydrogen-bond donors (Lipinski definition) is 0. The van der Waals surface area contributed by atoms with E-state index >= 15 is 0 Å². The van der Waals surface area contributed by atoms with Crippen molar-refractivity contribution in [2.45, 2.75) is 27.7 Å². The highest BCUT2D eigenvalue weighted by molar-refractivity contribution is 5.81. The van der Waals surface area contributed by atoms with Crippen LogP contribution in [0.15, 0.2) is 170 Å². The summed E-state index contributed by atoms with van der Waals surface area (Å²) in [5.41, 5.74) is 16.6. The summed E-state index contributed by atoms with van der Waals surface area (Å²) in [4.78, 5) is 4.64. The quantitative estimate of drug-likeness (QED) is 0.133. The van der Waals surface area contributed by atoms with Crippen molar-refractivity contribution in [1.29, 1.82) is 0 Å². The Hall–Kier alpha value is -6.38. The van der Waals surface area contributed by atoms with Crippen molar-refractivity contribution >= 4 is 58.4 Å². The van der Waals surface area contributed by atoms with E-state index in [-0.39, 0.29) is 0 Å². The average molecular weight is 673 g/mol. The van der Waals surface area contributed by atoms with E-state index in [1.807, 2.05) is 0 Å². The molecule has 0 aliphatic heterocycles. The average Bonchev–Trinajstić information content (AvgIpc) is 3.16. The maximum Gasteiger partial charge on any atom is 0.0464 e. The molecular formula is C50H44N2. The number of nitrogens with zero attached hydrogens (tertiary/aromatic N) is 2. The Bertz CT molecular complexity index is 2170. The largest absolute Gasteiger partial charge is 0.310 e. The number of aryl methyl sites for hydroxylation is 4.